The Morgan fingerprint density at radius 1 is 0.815 bits per heavy atom. The van der Waals surface area contributed by atoms with Gasteiger partial charge in [0.05, 0.1) is 5.69 Å². The number of imidazole rings is 1. The van der Waals surface area contributed by atoms with Crippen molar-refractivity contribution in [3.8, 4) is 17.0 Å². The molecule has 0 aliphatic rings. The number of pyridine rings is 1. The lowest BCUT2D eigenvalue weighted by Crippen LogP contribution is -1.96. The van der Waals surface area contributed by atoms with Crippen LogP contribution in [-0.2, 0) is 6.61 Å². The van der Waals surface area contributed by atoms with Crippen molar-refractivity contribution in [1.82, 2.24) is 19.4 Å². The molecule has 3 aromatic heterocycles. The largest absolute Gasteiger partial charge is 0.471 e. The molecular formula is C22H26N4O. The number of hydrogen-bond acceptors (Lipinski definition) is 4. The molecule has 0 radical (unpaired) electrons. The lowest BCUT2D eigenvalue weighted by molar-refractivity contribution is 0.290. The van der Waals surface area contributed by atoms with Crippen molar-refractivity contribution < 1.29 is 4.74 Å². The molecule has 0 unspecified atom stereocenters. The minimum Gasteiger partial charge on any atom is -0.471 e. The summed E-state index contributed by atoms with van der Waals surface area (Å²) in [7, 11) is 0. The van der Waals surface area contributed by atoms with Crippen LogP contribution in [-0.4, -0.2) is 19.4 Å². The van der Waals surface area contributed by atoms with Crippen molar-refractivity contribution in [2.45, 2.75) is 34.3 Å². The van der Waals surface area contributed by atoms with E-state index >= 15 is 0 Å². The maximum atomic E-state index is 5.62. The average molecular weight is 362 g/mol. The van der Waals surface area contributed by atoms with Gasteiger partial charge in [-0.3, -0.25) is 4.40 Å². The van der Waals surface area contributed by atoms with Crippen LogP contribution in [0.5, 0.6) is 5.88 Å². The van der Waals surface area contributed by atoms with Gasteiger partial charge in [-0.25, -0.2) is 15.0 Å². The highest BCUT2D eigenvalue weighted by molar-refractivity contribution is 5.62. The Balaban J connectivity index is 0.000000614. The molecule has 5 nitrogen and oxygen atoms in total. The minimum atomic E-state index is 0.362. The second-order valence-corrected chi connectivity index (χ2v) is 5.10. The summed E-state index contributed by atoms with van der Waals surface area (Å²) in [6, 6.07) is 15.7. The van der Waals surface area contributed by atoms with Gasteiger partial charge >= 0.3 is 0 Å². The number of fused-ring (bicyclic) bond motifs is 1. The second kappa shape index (κ2) is 10.7. The van der Waals surface area contributed by atoms with E-state index in [9.17, 15) is 0 Å². The Hall–Kier alpha value is -3.21. The summed E-state index contributed by atoms with van der Waals surface area (Å²) in [5, 5.41) is 0. The molecule has 4 aromatic rings. The molecule has 0 saturated heterocycles. The third-order valence-corrected chi connectivity index (χ3v) is 3.47. The number of rotatable bonds is 4. The SMILES string of the molecule is CC.CC.c1ccc(-c2cnc3nc(COc4ccccn4)cn3c2)cc1. The van der Waals surface area contributed by atoms with E-state index in [1.54, 1.807) is 6.20 Å². The fourth-order valence-corrected chi connectivity index (χ4v) is 2.36. The Bertz CT molecular complexity index is 921. The van der Waals surface area contributed by atoms with E-state index in [-0.39, 0.29) is 0 Å². The van der Waals surface area contributed by atoms with Gasteiger partial charge < -0.3 is 4.74 Å². The van der Waals surface area contributed by atoms with Crippen molar-refractivity contribution >= 4 is 5.78 Å². The first-order valence-electron chi connectivity index (χ1n) is 9.31. The van der Waals surface area contributed by atoms with Crippen LogP contribution < -0.4 is 4.74 Å². The maximum Gasteiger partial charge on any atom is 0.234 e. The third kappa shape index (κ3) is 5.38. The summed E-state index contributed by atoms with van der Waals surface area (Å²) in [6.45, 7) is 8.36. The lowest BCUT2D eigenvalue weighted by Gasteiger charge is -2.01. The molecule has 1 aromatic carbocycles. The average Bonchev–Trinajstić information content (AvgIpc) is 3.19. The molecule has 0 N–H and O–H groups in total. The first kappa shape index (κ1) is 20.1. The summed E-state index contributed by atoms with van der Waals surface area (Å²) in [5.41, 5.74) is 2.99. The molecule has 0 aliphatic carbocycles. The molecule has 0 amide bonds. The van der Waals surface area contributed by atoms with Gasteiger partial charge in [0.15, 0.2) is 0 Å². The molecule has 5 heteroatoms. The van der Waals surface area contributed by atoms with Crippen LogP contribution in [0.3, 0.4) is 0 Å². The zero-order chi connectivity index (χ0) is 19.5. The van der Waals surface area contributed by atoms with Crippen molar-refractivity contribution in [3.05, 3.63) is 79.0 Å². The fourth-order valence-electron chi connectivity index (χ4n) is 2.36. The Morgan fingerprint density at radius 2 is 1.56 bits per heavy atom. The van der Waals surface area contributed by atoms with Gasteiger partial charge in [-0.2, -0.15) is 0 Å². The highest BCUT2D eigenvalue weighted by Gasteiger charge is 2.06. The van der Waals surface area contributed by atoms with Crippen LogP contribution in [0.1, 0.15) is 33.4 Å². The summed E-state index contributed by atoms with van der Waals surface area (Å²) in [6.07, 6.45) is 7.49. The highest BCUT2D eigenvalue weighted by Crippen LogP contribution is 2.18. The smallest absolute Gasteiger partial charge is 0.234 e. The van der Waals surface area contributed by atoms with E-state index in [4.69, 9.17) is 4.74 Å². The van der Waals surface area contributed by atoms with Crippen molar-refractivity contribution in [1.29, 1.82) is 0 Å². The van der Waals surface area contributed by atoms with E-state index in [2.05, 4.69) is 27.1 Å². The van der Waals surface area contributed by atoms with Crippen LogP contribution in [0.2, 0.25) is 0 Å². The van der Waals surface area contributed by atoms with Crippen LogP contribution in [0.25, 0.3) is 16.9 Å². The van der Waals surface area contributed by atoms with Gasteiger partial charge in [-0.05, 0) is 11.6 Å². The van der Waals surface area contributed by atoms with Crippen LogP contribution in [0.15, 0.2) is 73.3 Å². The molecule has 0 saturated carbocycles. The van der Waals surface area contributed by atoms with Crippen molar-refractivity contribution in [2.75, 3.05) is 0 Å². The predicted octanol–water partition coefficient (Wildman–Crippen LogP) is 5.42. The van der Waals surface area contributed by atoms with E-state index in [0.29, 0.717) is 18.3 Å². The number of aromatic nitrogens is 4. The predicted molar refractivity (Wildman–Crippen MR) is 110 cm³/mol. The quantitative estimate of drug-likeness (QED) is 0.486. The maximum absolute atomic E-state index is 5.62. The Morgan fingerprint density at radius 3 is 2.26 bits per heavy atom. The third-order valence-electron chi connectivity index (χ3n) is 3.47. The zero-order valence-electron chi connectivity index (χ0n) is 16.3. The summed E-state index contributed by atoms with van der Waals surface area (Å²) >= 11 is 0. The minimum absolute atomic E-state index is 0.362. The van der Waals surface area contributed by atoms with Gasteiger partial charge in [0, 0.05) is 36.4 Å². The second-order valence-electron chi connectivity index (χ2n) is 5.10. The van der Waals surface area contributed by atoms with Gasteiger partial charge in [0.2, 0.25) is 11.7 Å². The van der Waals surface area contributed by atoms with Gasteiger partial charge in [-0.1, -0.05) is 64.1 Å². The normalized spacial score (nSPS) is 9.63. The van der Waals surface area contributed by atoms with E-state index in [1.165, 1.54) is 0 Å². The fraction of sp³-hybridized carbons (Fsp3) is 0.227. The molecular weight excluding hydrogens is 336 g/mol. The van der Waals surface area contributed by atoms with Gasteiger partial charge in [0.25, 0.3) is 0 Å². The summed E-state index contributed by atoms with van der Waals surface area (Å²) in [4.78, 5) is 13.0. The number of ether oxygens (including phenoxy) is 1. The summed E-state index contributed by atoms with van der Waals surface area (Å²) in [5.74, 6) is 1.24. The molecule has 0 spiro atoms. The molecule has 0 fully saturated rings. The molecule has 0 aliphatic heterocycles. The van der Waals surface area contributed by atoms with E-state index in [1.807, 2.05) is 87.1 Å². The van der Waals surface area contributed by atoms with Gasteiger partial charge in [0.1, 0.15) is 6.61 Å². The van der Waals surface area contributed by atoms with Crippen molar-refractivity contribution in [2.24, 2.45) is 0 Å². The highest BCUT2D eigenvalue weighted by atomic mass is 16.5. The molecule has 0 atom stereocenters. The van der Waals surface area contributed by atoms with Crippen LogP contribution >= 0.6 is 0 Å². The first-order valence-corrected chi connectivity index (χ1v) is 9.31. The number of benzene rings is 1. The lowest BCUT2D eigenvalue weighted by atomic mass is 10.1. The number of hydrogen-bond donors (Lipinski definition) is 0. The van der Waals surface area contributed by atoms with E-state index in [0.717, 1.165) is 16.8 Å². The van der Waals surface area contributed by atoms with Crippen LogP contribution in [0.4, 0.5) is 0 Å². The molecule has 140 valence electrons. The molecule has 27 heavy (non-hydrogen) atoms. The van der Waals surface area contributed by atoms with Gasteiger partial charge in [-0.15, -0.1) is 0 Å². The molecule has 3 heterocycles. The summed E-state index contributed by atoms with van der Waals surface area (Å²) < 4.78 is 7.54. The van der Waals surface area contributed by atoms with Crippen LogP contribution in [0, 0.1) is 0 Å². The monoisotopic (exact) mass is 362 g/mol. The number of nitrogens with zero attached hydrogens (tertiary/aromatic N) is 4. The van der Waals surface area contributed by atoms with E-state index < -0.39 is 0 Å². The first-order chi connectivity index (χ1) is 13.4. The molecule has 4 rings (SSSR count). The topological polar surface area (TPSA) is 52.3 Å². The molecule has 0 bridgehead atoms. The standard InChI is InChI=1S/C18H14N4O.2C2H6/c1-2-6-14(7-3-1)15-10-20-18-21-16(12-22(18)11-15)13-23-17-8-4-5-9-19-17;2*1-2/h1-12H,13H2;2*1-2H3. The zero-order valence-corrected chi connectivity index (χ0v) is 16.3. The Kier molecular flexibility index (Phi) is 7.97. The van der Waals surface area contributed by atoms with Crippen molar-refractivity contribution in [3.63, 3.8) is 0 Å². The Labute approximate surface area is 160 Å².